The summed E-state index contributed by atoms with van der Waals surface area (Å²) in [5.41, 5.74) is 10.5. The molecule has 0 atom stereocenters. The van der Waals surface area contributed by atoms with Crippen LogP contribution >= 0.6 is 0 Å². The molecule has 1 aromatic heterocycles. The maximum absolute atomic E-state index is 5.59. The molecule has 2 aromatic rings. The monoisotopic (exact) mass is 232 g/mol. The Morgan fingerprint density at radius 1 is 1.29 bits per heavy atom. The topological polar surface area (TPSA) is 51.0 Å². The Bertz CT molecular complexity index is 528. The van der Waals surface area contributed by atoms with E-state index >= 15 is 0 Å². The highest BCUT2D eigenvalue weighted by molar-refractivity contribution is 5.90. The highest BCUT2D eigenvalue weighted by Gasteiger charge is 2.12. The first-order valence-corrected chi connectivity index (χ1v) is 6.03. The largest absolute Gasteiger partial charge is 0.495 e. The molecule has 0 bridgehead atoms. The Labute approximate surface area is 102 Å². The van der Waals surface area contributed by atoms with Crippen LogP contribution in [0.1, 0.15) is 23.2 Å². The zero-order valence-electron chi connectivity index (χ0n) is 10.8. The summed E-state index contributed by atoms with van der Waals surface area (Å²) in [6, 6.07) is 4.28. The van der Waals surface area contributed by atoms with Crippen LogP contribution in [0.5, 0.6) is 5.75 Å². The van der Waals surface area contributed by atoms with Crippen LogP contribution in [0.3, 0.4) is 0 Å². The number of aromatic amines is 1. The number of H-pyrrole nitrogens is 1. The van der Waals surface area contributed by atoms with E-state index < -0.39 is 0 Å². The third-order valence-electron chi connectivity index (χ3n) is 3.19. The molecule has 2 rings (SSSR count). The van der Waals surface area contributed by atoms with Crippen LogP contribution in [0.15, 0.2) is 12.1 Å². The van der Waals surface area contributed by atoms with Crippen molar-refractivity contribution in [3.63, 3.8) is 0 Å². The molecular weight excluding hydrogens is 212 g/mol. The first kappa shape index (κ1) is 12.0. The van der Waals surface area contributed by atoms with Gasteiger partial charge in [-0.3, -0.25) is 0 Å². The number of hydrogen-bond acceptors (Lipinski definition) is 2. The van der Waals surface area contributed by atoms with Crippen LogP contribution in [-0.2, 0) is 6.42 Å². The van der Waals surface area contributed by atoms with Crippen molar-refractivity contribution in [2.75, 3.05) is 13.7 Å². The minimum atomic E-state index is 0.731. The molecule has 17 heavy (non-hydrogen) atoms. The van der Waals surface area contributed by atoms with E-state index in [0.717, 1.165) is 30.7 Å². The fourth-order valence-corrected chi connectivity index (χ4v) is 2.35. The van der Waals surface area contributed by atoms with Crippen LogP contribution in [0.4, 0.5) is 0 Å². The van der Waals surface area contributed by atoms with E-state index in [1.54, 1.807) is 7.11 Å². The van der Waals surface area contributed by atoms with E-state index in [1.165, 1.54) is 22.2 Å². The van der Waals surface area contributed by atoms with Crippen molar-refractivity contribution < 1.29 is 4.74 Å². The zero-order chi connectivity index (χ0) is 12.4. The number of fused-ring (bicyclic) bond motifs is 1. The van der Waals surface area contributed by atoms with Crippen LogP contribution < -0.4 is 10.5 Å². The van der Waals surface area contributed by atoms with Gasteiger partial charge in [0.2, 0.25) is 0 Å². The smallest absolute Gasteiger partial charge is 0.143 e. The normalized spacial score (nSPS) is 11.1. The second-order valence-corrected chi connectivity index (χ2v) is 4.51. The fourth-order valence-electron chi connectivity index (χ4n) is 2.35. The average Bonchev–Trinajstić information content (AvgIpc) is 2.62. The SMILES string of the molecule is COc1cc(C)cc2c(CCCN)c(C)[nH]c12. The van der Waals surface area contributed by atoms with Gasteiger partial charge in [0.1, 0.15) is 5.75 Å². The highest BCUT2D eigenvalue weighted by Crippen LogP contribution is 2.31. The van der Waals surface area contributed by atoms with Gasteiger partial charge in [0, 0.05) is 11.1 Å². The number of methoxy groups -OCH3 is 1. The highest BCUT2D eigenvalue weighted by atomic mass is 16.5. The predicted octanol–water partition coefficient (Wildman–Crippen LogP) is 2.68. The van der Waals surface area contributed by atoms with Crippen LogP contribution in [0, 0.1) is 13.8 Å². The summed E-state index contributed by atoms with van der Waals surface area (Å²) in [6.07, 6.45) is 2.04. The minimum Gasteiger partial charge on any atom is -0.495 e. The Kier molecular flexibility index (Phi) is 3.38. The standard InChI is InChI=1S/C14H20N2O/c1-9-7-12-11(5-4-6-15)10(2)16-14(12)13(8-9)17-3/h7-8,16H,4-6,15H2,1-3H3. The number of nitrogens with two attached hydrogens (primary N) is 1. The Morgan fingerprint density at radius 3 is 2.71 bits per heavy atom. The molecule has 1 heterocycles. The Hall–Kier alpha value is -1.48. The lowest BCUT2D eigenvalue weighted by molar-refractivity contribution is 0.418. The molecule has 0 saturated heterocycles. The molecule has 0 radical (unpaired) electrons. The van der Waals surface area contributed by atoms with E-state index in [4.69, 9.17) is 10.5 Å². The van der Waals surface area contributed by atoms with Crippen molar-refractivity contribution in [3.8, 4) is 5.75 Å². The van der Waals surface area contributed by atoms with Crippen LogP contribution in [0.25, 0.3) is 10.9 Å². The number of ether oxygens (including phenoxy) is 1. The zero-order valence-corrected chi connectivity index (χ0v) is 10.8. The van der Waals surface area contributed by atoms with E-state index in [1.807, 2.05) is 0 Å². The van der Waals surface area contributed by atoms with Gasteiger partial charge in [-0.25, -0.2) is 0 Å². The van der Waals surface area contributed by atoms with Gasteiger partial charge in [-0.15, -0.1) is 0 Å². The third kappa shape index (κ3) is 2.15. The summed E-state index contributed by atoms with van der Waals surface area (Å²) in [5, 5.41) is 1.27. The van der Waals surface area contributed by atoms with E-state index in [0.29, 0.717) is 0 Å². The molecule has 0 aliphatic heterocycles. The van der Waals surface area contributed by atoms with Crippen molar-refractivity contribution >= 4 is 10.9 Å². The summed E-state index contributed by atoms with van der Waals surface area (Å²) in [7, 11) is 1.71. The van der Waals surface area contributed by atoms with Crippen LogP contribution in [-0.4, -0.2) is 18.6 Å². The Balaban J connectivity index is 2.59. The van der Waals surface area contributed by atoms with Gasteiger partial charge in [0.05, 0.1) is 12.6 Å². The number of hydrogen-bond donors (Lipinski definition) is 2. The maximum Gasteiger partial charge on any atom is 0.143 e. The van der Waals surface area contributed by atoms with Gasteiger partial charge in [0.15, 0.2) is 0 Å². The van der Waals surface area contributed by atoms with Crippen molar-refractivity contribution in [1.29, 1.82) is 0 Å². The molecule has 0 aliphatic rings. The van der Waals surface area contributed by atoms with Crippen molar-refractivity contribution in [2.45, 2.75) is 26.7 Å². The first-order valence-electron chi connectivity index (χ1n) is 6.03. The van der Waals surface area contributed by atoms with Crippen molar-refractivity contribution in [3.05, 3.63) is 29.0 Å². The molecule has 0 amide bonds. The van der Waals surface area contributed by atoms with Gasteiger partial charge < -0.3 is 15.5 Å². The molecule has 1 aromatic carbocycles. The second-order valence-electron chi connectivity index (χ2n) is 4.51. The van der Waals surface area contributed by atoms with Crippen molar-refractivity contribution in [2.24, 2.45) is 5.73 Å². The lowest BCUT2D eigenvalue weighted by atomic mass is 10.0. The van der Waals surface area contributed by atoms with Crippen LogP contribution in [0.2, 0.25) is 0 Å². The molecule has 0 aliphatic carbocycles. The third-order valence-corrected chi connectivity index (χ3v) is 3.19. The van der Waals surface area contributed by atoms with Gasteiger partial charge in [-0.05, 0) is 56.5 Å². The quantitative estimate of drug-likeness (QED) is 0.851. The molecule has 3 heteroatoms. The maximum atomic E-state index is 5.59. The molecule has 0 spiro atoms. The lowest BCUT2D eigenvalue weighted by Crippen LogP contribution is -2.00. The van der Waals surface area contributed by atoms with Gasteiger partial charge in [-0.2, -0.15) is 0 Å². The molecular formula is C14H20N2O. The lowest BCUT2D eigenvalue weighted by Gasteiger charge is -2.04. The summed E-state index contributed by atoms with van der Waals surface area (Å²) in [6.45, 7) is 4.94. The Morgan fingerprint density at radius 2 is 2.06 bits per heavy atom. The number of nitrogens with one attached hydrogen (secondary N) is 1. The number of benzene rings is 1. The molecule has 0 unspecified atom stereocenters. The molecule has 92 valence electrons. The molecule has 0 saturated carbocycles. The van der Waals surface area contributed by atoms with E-state index in [9.17, 15) is 0 Å². The minimum absolute atomic E-state index is 0.731. The van der Waals surface area contributed by atoms with E-state index in [2.05, 4.69) is 31.0 Å². The summed E-state index contributed by atoms with van der Waals surface area (Å²) in [4.78, 5) is 3.42. The number of aromatic nitrogens is 1. The predicted molar refractivity (Wildman–Crippen MR) is 71.7 cm³/mol. The first-order chi connectivity index (χ1) is 8.17. The second kappa shape index (κ2) is 4.80. The number of rotatable bonds is 4. The molecule has 3 nitrogen and oxygen atoms in total. The number of aryl methyl sites for hydroxylation is 3. The summed E-state index contributed by atoms with van der Waals surface area (Å²) < 4.78 is 5.43. The van der Waals surface area contributed by atoms with Gasteiger partial charge in [0.25, 0.3) is 0 Å². The fraction of sp³-hybridized carbons (Fsp3) is 0.429. The van der Waals surface area contributed by atoms with Crippen molar-refractivity contribution in [1.82, 2.24) is 4.98 Å². The molecule has 3 N–H and O–H groups in total. The average molecular weight is 232 g/mol. The summed E-state index contributed by atoms with van der Waals surface area (Å²) >= 11 is 0. The van der Waals surface area contributed by atoms with E-state index in [-0.39, 0.29) is 0 Å². The van der Waals surface area contributed by atoms with Gasteiger partial charge in [-0.1, -0.05) is 0 Å². The van der Waals surface area contributed by atoms with Gasteiger partial charge >= 0.3 is 0 Å². The molecule has 0 fully saturated rings. The summed E-state index contributed by atoms with van der Waals surface area (Å²) in [5.74, 6) is 0.919.